The molecule has 2 saturated carbocycles. The van der Waals surface area contributed by atoms with Gasteiger partial charge in [-0.05, 0) is 38.6 Å². The molecule has 2 rings (SSSR count). The molecule has 15 heavy (non-hydrogen) atoms. The monoisotopic (exact) mass is 211 g/mol. The number of nitrogens with one attached hydrogen (secondary N) is 1. The smallest absolute Gasteiger partial charge is 0.326 e. The first-order valence-corrected chi connectivity index (χ1v) is 6.13. The van der Waals surface area contributed by atoms with Crippen LogP contribution in [0.3, 0.4) is 0 Å². The van der Waals surface area contributed by atoms with Crippen molar-refractivity contribution in [2.24, 2.45) is 5.92 Å². The van der Waals surface area contributed by atoms with E-state index in [2.05, 4.69) is 5.32 Å². The summed E-state index contributed by atoms with van der Waals surface area (Å²) in [6.45, 7) is 0.641. The van der Waals surface area contributed by atoms with Crippen LogP contribution >= 0.6 is 0 Å². The fraction of sp³-hybridized carbons (Fsp3) is 0.917. The van der Waals surface area contributed by atoms with Gasteiger partial charge in [-0.1, -0.05) is 19.3 Å². The molecule has 0 aromatic rings. The van der Waals surface area contributed by atoms with Gasteiger partial charge in [-0.25, -0.2) is 0 Å². The average molecular weight is 211 g/mol. The van der Waals surface area contributed by atoms with Crippen molar-refractivity contribution in [3.05, 3.63) is 0 Å². The molecular weight excluding hydrogens is 190 g/mol. The third kappa shape index (κ3) is 2.51. The number of hydrogen-bond donors (Lipinski definition) is 1. The van der Waals surface area contributed by atoms with E-state index >= 15 is 0 Å². The molecule has 1 N–H and O–H groups in total. The third-order valence-electron chi connectivity index (χ3n) is 3.72. The Balaban J connectivity index is 1.87. The molecule has 0 aromatic carbocycles. The van der Waals surface area contributed by atoms with Gasteiger partial charge in [-0.2, -0.15) is 0 Å². The fourth-order valence-electron chi connectivity index (χ4n) is 2.33. The normalized spacial score (nSPS) is 24.9. The third-order valence-corrected chi connectivity index (χ3v) is 3.72. The predicted octanol–water partition coefficient (Wildman–Crippen LogP) is 1.86. The summed E-state index contributed by atoms with van der Waals surface area (Å²) in [5.41, 5.74) is -0.368. The van der Waals surface area contributed by atoms with Crippen LogP contribution < -0.4 is 5.32 Å². The van der Waals surface area contributed by atoms with Crippen LogP contribution in [0.1, 0.15) is 44.9 Å². The van der Waals surface area contributed by atoms with E-state index in [-0.39, 0.29) is 11.5 Å². The van der Waals surface area contributed by atoms with Crippen LogP contribution in [-0.4, -0.2) is 25.2 Å². The summed E-state index contributed by atoms with van der Waals surface area (Å²) < 4.78 is 5.40. The van der Waals surface area contributed by atoms with E-state index in [1.54, 1.807) is 0 Å². The minimum Gasteiger partial charge on any atom is -0.464 e. The maximum Gasteiger partial charge on any atom is 0.326 e. The van der Waals surface area contributed by atoms with Crippen LogP contribution in [0.15, 0.2) is 0 Å². The summed E-state index contributed by atoms with van der Waals surface area (Å²) in [5, 5.41) is 3.19. The molecule has 0 bridgehead atoms. The maximum absolute atomic E-state index is 12.0. The number of likely N-dealkylation sites (N-methyl/N-ethyl adjacent to an activating group) is 1. The first-order chi connectivity index (χ1) is 7.27. The molecule has 0 heterocycles. The van der Waals surface area contributed by atoms with E-state index in [0.717, 1.165) is 25.7 Å². The van der Waals surface area contributed by atoms with Gasteiger partial charge in [0.1, 0.15) is 5.54 Å². The summed E-state index contributed by atoms with van der Waals surface area (Å²) in [7, 11) is 1.88. The molecule has 2 fully saturated rings. The SMILES string of the molecule is CNC1(C(=O)OCC2CC2)CCCCC1. The zero-order valence-electron chi connectivity index (χ0n) is 9.55. The van der Waals surface area contributed by atoms with E-state index in [0.29, 0.717) is 12.5 Å². The van der Waals surface area contributed by atoms with Gasteiger partial charge in [0.2, 0.25) is 0 Å². The molecular formula is C12H21NO2. The Morgan fingerprint density at radius 2 is 2.00 bits per heavy atom. The van der Waals surface area contributed by atoms with E-state index in [9.17, 15) is 4.79 Å². The second-order valence-electron chi connectivity index (χ2n) is 4.93. The Morgan fingerprint density at radius 1 is 1.33 bits per heavy atom. The molecule has 0 saturated heterocycles. The van der Waals surface area contributed by atoms with Crippen molar-refractivity contribution < 1.29 is 9.53 Å². The first kappa shape index (κ1) is 10.9. The summed E-state index contributed by atoms with van der Waals surface area (Å²) in [5.74, 6) is 0.642. The standard InChI is InChI=1S/C12H21NO2/c1-13-12(7-3-2-4-8-12)11(14)15-9-10-5-6-10/h10,13H,2-9H2,1H3. The lowest BCUT2D eigenvalue weighted by molar-refractivity contribution is -0.153. The van der Waals surface area contributed by atoms with Gasteiger partial charge in [0.25, 0.3) is 0 Å². The van der Waals surface area contributed by atoms with Crippen LogP contribution in [0.25, 0.3) is 0 Å². The highest BCUT2D eigenvalue weighted by atomic mass is 16.5. The zero-order chi connectivity index (χ0) is 10.7. The highest BCUT2D eigenvalue weighted by Gasteiger charge is 2.40. The molecule has 0 aromatic heterocycles. The molecule has 3 heteroatoms. The largest absolute Gasteiger partial charge is 0.464 e. The maximum atomic E-state index is 12.0. The van der Waals surface area contributed by atoms with Gasteiger partial charge >= 0.3 is 5.97 Å². The Morgan fingerprint density at radius 3 is 2.53 bits per heavy atom. The number of hydrogen-bond acceptors (Lipinski definition) is 3. The molecule has 0 spiro atoms. The number of rotatable bonds is 4. The minimum atomic E-state index is -0.368. The zero-order valence-corrected chi connectivity index (χ0v) is 9.55. The lowest BCUT2D eigenvalue weighted by atomic mass is 9.82. The topological polar surface area (TPSA) is 38.3 Å². The molecule has 0 aliphatic heterocycles. The van der Waals surface area contributed by atoms with Crippen LogP contribution in [0.4, 0.5) is 0 Å². The van der Waals surface area contributed by atoms with Gasteiger partial charge in [0.05, 0.1) is 6.61 Å². The van der Waals surface area contributed by atoms with E-state index in [1.165, 1.54) is 19.3 Å². The summed E-state index contributed by atoms with van der Waals surface area (Å²) in [6, 6.07) is 0. The predicted molar refractivity (Wildman–Crippen MR) is 58.6 cm³/mol. The summed E-state index contributed by atoms with van der Waals surface area (Å²) >= 11 is 0. The quantitative estimate of drug-likeness (QED) is 0.721. The van der Waals surface area contributed by atoms with Crippen molar-refractivity contribution in [3.8, 4) is 0 Å². The molecule has 86 valence electrons. The van der Waals surface area contributed by atoms with Crippen molar-refractivity contribution in [2.45, 2.75) is 50.5 Å². The van der Waals surface area contributed by atoms with E-state index in [4.69, 9.17) is 4.74 Å². The Hall–Kier alpha value is -0.570. The molecule has 0 amide bonds. The fourth-order valence-corrected chi connectivity index (χ4v) is 2.33. The van der Waals surface area contributed by atoms with Crippen molar-refractivity contribution in [1.29, 1.82) is 0 Å². The average Bonchev–Trinajstić information content (AvgIpc) is 3.10. The molecule has 0 radical (unpaired) electrons. The highest BCUT2D eigenvalue weighted by molar-refractivity contribution is 5.81. The summed E-state index contributed by atoms with van der Waals surface area (Å²) in [4.78, 5) is 12.0. The van der Waals surface area contributed by atoms with Gasteiger partial charge in [0.15, 0.2) is 0 Å². The second-order valence-corrected chi connectivity index (χ2v) is 4.93. The van der Waals surface area contributed by atoms with Crippen LogP contribution in [0.5, 0.6) is 0 Å². The van der Waals surface area contributed by atoms with Gasteiger partial charge < -0.3 is 10.1 Å². The highest BCUT2D eigenvalue weighted by Crippen LogP contribution is 2.32. The number of carbonyl (C=O) groups is 1. The lowest BCUT2D eigenvalue weighted by Gasteiger charge is -2.34. The molecule has 0 atom stereocenters. The van der Waals surface area contributed by atoms with Crippen molar-refractivity contribution in [3.63, 3.8) is 0 Å². The Kier molecular flexibility index (Phi) is 3.29. The minimum absolute atomic E-state index is 0.0170. The summed E-state index contributed by atoms with van der Waals surface area (Å²) in [6.07, 6.45) is 7.87. The molecule has 0 unspecified atom stereocenters. The van der Waals surface area contributed by atoms with Gasteiger partial charge in [0, 0.05) is 0 Å². The van der Waals surface area contributed by atoms with Crippen LogP contribution in [0.2, 0.25) is 0 Å². The Labute approximate surface area is 91.6 Å². The lowest BCUT2D eigenvalue weighted by Crippen LogP contribution is -2.52. The van der Waals surface area contributed by atoms with Crippen molar-refractivity contribution >= 4 is 5.97 Å². The number of ether oxygens (including phenoxy) is 1. The molecule has 3 nitrogen and oxygen atoms in total. The van der Waals surface area contributed by atoms with Gasteiger partial charge in [-0.15, -0.1) is 0 Å². The van der Waals surface area contributed by atoms with Gasteiger partial charge in [-0.3, -0.25) is 4.79 Å². The first-order valence-electron chi connectivity index (χ1n) is 6.13. The van der Waals surface area contributed by atoms with Crippen LogP contribution in [-0.2, 0) is 9.53 Å². The molecule has 2 aliphatic rings. The number of carbonyl (C=O) groups excluding carboxylic acids is 1. The molecule has 2 aliphatic carbocycles. The Bertz CT molecular complexity index is 230. The van der Waals surface area contributed by atoms with Crippen molar-refractivity contribution in [1.82, 2.24) is 5.32 Å². The van der Waals surface area contributed by atoms with Crippen LogP contribution in [0, 0.1) is 5.92 Å². The second kappa shape index (κ2) is 4.52. The number of esters is 1. The van der Waals surface area contributed by atoms with Crippen molar-refractivity contribution in [2.75, 3.05) is 13.7 Å². The van der Waals surface area contributed by atoms with E-state index in [1.807, 2.05) is 7.05 Å². The van der Waals surface area contributed by atoms with E-state index < -0.39 is 0 Å².